The Bertz CT molecular complexity index is 615. The number of oxazole rings is 1. The molecule has 0 aliphatic carbocycles. The van der Waals surface area contributed by atoms with Crippen molar-refractivity contribution in [2.45, 2.75) is 20.4 Å². The zero-order chi connectivity index (χ0) is 15.5. The third-order valence-electron chi connectivity index (χ3n) is 3.91. The highest BCUT2D eigenvalue weighted by Gasteiger charge is 2.21. The summed E-state index contributed by atoms with van der Waals surface area (Å²) in [6, 6.07) is 1.76. The van der Waals surface area contributed by atoms with Crippen molar-refractivity contribution in [3.05, 3.63) is 29.6 Å². The molecule has 0 spiro atoms. The Balaban J connectivity index is 1.57. The van der Waals surface area contributed by atoms with E-state index in [1.807, 2.05) is 13.8 Å². The van der Waals surface area contributed by atoms with E-state index in [4.69, 9.17) is 9.15 Å². The second-order valence-electron chi connectivity index (χ2n) is 5.41. The number of hydrogen-bond acceptors (Lipinski definition) is 7. The van der Waals surface area contributed by atoms with Gasteiger partial charge in [-0.15, -0.1) is 0 Å². The molecule has 2 aromatic rings. The first kappa shape index (κ1) is 14.8. The van der Waals surface area contributed by atoms with E-state index in [0.29, 0.717) is 5.88 Å². The topological polar surface area (TPSA) is 67.5 Å². The third kappa shape index (κ3) is 3.19. The number of hydrogen-bond donors (Lipinski definition) is 0. The number of piperazine rings is 1. The molecule has 1 aliphatic rings. The first-order valence-corrected chi connectivity index (χ1v) is 7.43. The van der Waals surface area contributed by atoms with Crippen LogP contribution in [0.2, 0.25) is 0 Å². The highest BCUT2D eigenvalue weighted by atomic mass is 16.5. The summed E-state index contributed by atoms with van der Waals surface area (Å²) in [5.74, 6) is 3.01. The fraction of sp³-hybridized carbons (Fsp3) is 0.533. The predicted molar refractivity (Wildman–Crippen MR) is 82.1 cm³/mol. The second kappa shape index (κ2) is 6.31. The van der Waals surface area contributed by atoms with Crippen LogP contribution in [0.5, 0.6) is 5.88 Å². The van der Waals surface area contributed by atoms with Crippen molar-refractivity contribution < 1.29 is 9.15 Å². The average molecular weight is 303 g/mol. The van der Waals surface area contributed by atoms with Gasteiger partial charge >= 0.3 is 0 Å². The minimum absolute atomic E-state index is 0.596. The SMILES string of the molecule is COc1ccnc(N2CCN(Cc3nc(C)c(C)o3)CC2)n1. The van der Waals surface area contributed by atoms with Gasteiger partial charge in [-0.05, 0) is 13.8 Å². The van der Waals surface area contributed by atoms with E-state index in [2.05, 4.69) is 24.8 Å². The van der Waals surface area contributed by atoms with Crippen LogP contribution >= 0.6 is 0 Å². The monoisotopic (exact) mass is 303 g/mol. The lowest BCUT2D eigenvalue weighted by Crippen LogP contribution is -2.46. The third-order valence-corrected chi connectivity index (χ3v) is 3.91. The van der Waals surface area contributed by atoms with Crippen molar-refractivity contribution in [1.82, 2.24) is 19.9 Å². The highest BCUT2D eigenvalue weighted by molar-refractivity contribution is 5.32. The van der Waals surface area contributed by atoms with E-state index in [-0.39, 0.29) is 0 Å². The van der Waals surface area contributed by atoms with Gasteiger partial charge in [0.1, 0.15) is 5.76 Å². The summed E-state index contributed by atoms with van der Waals surface area (Å²) in [6.45, 7) is 8.30. The van der Waals surface area contributed by atoms with Gasteiger partial charge in [-0.25, -0.2) is 9.97 Å². The van der Waals surface area contributed by atoms with Crippen LogP contribution < -0.4 is 9.64 Å². The van der Waals surface area contributed by atoms with Crippen LogP contribution in [0, 0.1) is 13.8 Å². The number of methoxy groups -OCH3 is 1. The molecular formula is C15H21N5O2. The van der Waals surface area contributed by atoms with Gasteiger partial charge in [-0.2, -0.15) is 4.98 Å². The first-order chi connectivity index (χ1) is 10.7. The lowest BCUT2D eigenvalue weighted by atomic mass is 10.3. The molecule has 3 heterocycles. The molecule has 7 heteroatoms. The minimum Gasteiger partial charge on any atom is -0.481 e. The molecular weight excluding hydrogens is 282 g/mol. The number of rotatable bonds is 4. The van der Waals surface area contributed by atoms with Crippen molar-refractivity contribution in [1.29, 1.82) is 0 Å². The van der Waals surface area contributed by atoms with Gasteiger partial charge in [-0.3, -0.25) is 4.90 Å². The molecule has 7 nitrogen and oxygen atoms in total. The molecule has 1 aliphatic heterocycles. The molecule has 1 fully saturated rings. The summed E-state index contributed by atoms with van der Waals surface area (Å²) in [5, 5.41) is 0. The molecule has 3 rings (SSSR count). The second-order valence-corrected chi connectivity index (χ2v) is 5.41. The van der Waals surface area contributed by atoms with Crippen LogP contribution in [0.15, 0.2) is 16.7 Å². The van der Waals surface area contributed by atoms with E-state index >= 15 is 0 Å². The standard InChI is InChI=1S/C15H21N5O2/c1-11-12(2)22-14(17-11)10-19-6-8-20(9-7-19)15-16-5-4-13(18-15)21-3/h4-5H,6-10H2,1-3H3. The van der Waals surface area contributed by atoms with Crippen molar-refractivity contribution in [2.75, 3.05) is 38.2 Å². The summed E-state index contributed by atoms with van der Waals surface area (Å²) >= 11 is 0. The lowest BCUT2D eigenvalue weighted by molar-refractivity contribution is 0.224. The fourth-order valence-electron chi connectivity index (χ4n) is 2.50. The molecule has 0 aromatic carbocycles. The van der Waals surface area contributed by atoms with Crippen LogP contribution in [0.25, 0.3) is 0 Å². The van der Waals surface area contributed by atoms with Crippen molar-refractivity contribution in [3.8, 4) is 5.88 Å². The summed E-state index contributed by atoms with van der Waals surface area (Å²) in [4.78, 5) is 17.6. The maximum atomic E-state index is 5.65. The van der Waals surface area contributed by atoms with Crippen LogP contribution in [0.3, 0.4) is 0 Å². The fourth-order valence-corrected chi connectivity index (χ4v) is 2.50. The van der Waals surface area contributed by atoms with Crippen LogP contribution in [0.4, 0.5) is 5.95 Å². The first-order valence-electron chi connectivity index (χ1n) is 7.43. The van der Waals surface area contributed by atoms with Crippen molar-refractivity contribution in [2.24, 2.45) is 0 Å². The van der Waals surface area contributed by atoms with E-state index in [1.165, 1.54) is 0 Å². The van der Waals surface area contributed by atoms with E-state index in [1.54, 1.807) is 19.4 Å². The van der Waals surface area contributed by atoms with Crippen LogP contribution in [-0.4, -0.2) is 53.1 Å². The molecule has 0 bridgehead atoms. The Morgan fingerprint density at radius 3 is 2.59 bits per heavy atom. The average Bonchev–Trinajstić information content (AvgIpc) is 2.86. The van der Waals surface area contributed by atoms with Gasteiger partial charge in [0.05, 0.1) is 19.3 Å². The zero-order valence-corrected chi connectivity index (χ0v) is 13.2. The number of aromatic nitrogens is 3. The Morgan fingerprint density at radius 1 is 1.18 bits per heavy atom. The van der Waals surface area contributed by atoms with Crippen LogP contribution in [0.1, 0.15) is 17.3 Å². The van der Waals surface area contributed by atoms with Gasteiger partial charge in [0.25, 0.3) is 0 Å². The summed E-state index contributed by atoms with van der Waals surface area (Å²) in [7, 11) is 1.62. The molecule has 2 aromatic heterocycles. The van der Waals surface area contributed by atoms with E-state index < -0.39 is 0 Å². The zero-order valence-electron chi connectivity index (χ0n) is 13.2. The highest BCUT2D eigenvalue weighted by Crippen LogP contribution is 2.16. The summed E-state index contributed by atoms with van der Waals surface area (Å²) in [5.41, 5.74) is 0.971. The smallest absolute Gasteiger partial charge is 0.228 e. The van der Waals surface area contributed by atoms with Gasteiger partial charge in [0, 0.05) is 38.4 Å². The van der Waals surface area contributed by atoms with Crippen molar-refractivity contribution >= 4 is 5.95 Å². The predicted octanol–water partition coefficient (Wildman–Crippen LogP) is 1.41. The number of ether oxygens (including phenoxy) is 1. The Labute approximate surface area is 129 Å². The molecule has 0 unspecified atom stereocenters. The van der Waals surface area contributed by atoms with Crippen LogP contribution in [-0.2, 0) is 6.54 Å². The molecule has 118 valence electrons. The van der Waals surface area contributed by atoms with E-state index in [9.17, 15) is 0 Å². The quantitative estimate of drug-likeness (QED) is 0.846. The molecule has 0 atom stereocenters. The number of aryl methyl sites for hydroxylation is 2. The van der Waals surface area contributed by atoms with Crippen molar-refractivity contribution in [3.63, 3.8) is 0 Å². The maximum absolute atomic E-state index is 5.65. The van der Waals surface area contributed by atoms with Gasteiger partial charge < -0.3 is 14.1 Å². The molecule has 0 radical (unpaired) electrons. The molecule has 22 heavy (non-hydrogen) atoms. The summed E-state index contributed by atoms with van der Waals surface area (Å²) < 4.78 is 10.8. The Kier molecular flexibility index (Phi) is 4.24. The largest absolute Gasteiger partial charge is 0.481 e. The number of anilines is 1. The molecule has 1 saturated heterocycles. The maximum Gasteiger partial charge on any atom is 0.228 e. The molecule has 0 amide bonds. The van der Waals surface area contributed by atoms with Gasteiger partial charge in [0.2, 0.25) is 17.7 Å². The van der Waals surface area contributed by atoms with E-state index in [0.717, 1.165) is 56.0 Å². The molecule has 0 N–H and O–H groups in total. The Hall–Kier alpha value is -2.15. The minimum atomic E-state index is 0.596. The molecule has 0 saturated carbocycles. The lowest BCUT2D eigenvalue weighted by Gasteiger charge is -2.33. The van der Waals surface area contributed by atoms with Gasteiger partial charge in [-0.1, -0.05) is 0 Å². The number of nitrogens with zero attached hydrogens (tertiary/aromatic N) is 5. The van der Waals surface area contributed by atoms with Gasteiger partial charge in [0.15, 0.2) is 0 Å². The summed E-state index contributed by atoms with van der Waals surface area (Å²) in [6.07, 6.45) is 1.73. The Morgan fingerprint density at radius 2 is 1.95 bits per heavy atom. The normalized spacial score (nSPS) is 16.0.